The number of benzene rings is 8. The molecule has 11 aromatic rings. The minimum atomic E-state index is 0.597. The van der Waals surface area contributed by atoms with Crippen LogP contribution in [0.15, 0.2) is 199 Å². The molecule has 0 unspecified atom stereocenters. The largest absolute Gasteiger partial charge is 0.455 e. The predicted molar refractivity (Wildman–Crippen MR) is 229 cm³/mol. The molecule has 11 rings (SSSR count). The van der Waals surface area contributed by atoms with Gasteiger partial charge in [0.15, 0.2) is 17.5 Å². The van der Waals surface area contributed by atoms with Gasteiger partial charge in [-0.25, -0.2) is 15.0 Å². The summed E-state index contributed by atoms with van der Waals surface area (Å²) in [5, 5.41) is 4.38. The molecule has 0 amide bonds. The smallest absolute Gasteiger partial charge is 0.166 e. The number of aromatic nitrogens is 4. The molecule has 0 N–H and O–H groups in total. The molecule has 5 heteroatoms. The number of hydrogen-bond donors (Lipinski definition) is 0. The van der Waals surface area contributed by atoms with Crippen LogP contribution >= 0.6 is 0 Å². The summed E-state index contributed by atoms with van der Waals surface area (Å²) in [7, 11) is 0. The summed E-state index contributed by atoms with van der Waals surface area (Å²) in [4.78, 5) is 15.4. The SMILES string of the molecule is c1ccc(-c2ccc(-c3nc(-c4ccccc4)nc(-c4ccccc4-n4c5ccccc5c5c6oc7c(-c8ccccc8)cccc7c6ccc54)n3)cc2)cc1. The third kappa shape index (κ3) is 5.21. The van der Waals surface area contributed by atoms with Gasteiger partial charge in [0, 0.05) is 38.4 Å². The second kappa shape index (κ2) is 13.0. The van der Waals surface area contributed by atoms with E-state index in [9.17, 15) is 0 Å². The molecular weight excluding hydrogens is 685 g/mol. The van der Waals surface area contributed by atoms with E-state index in [1.165, 1.54) is 0 Å². The molecular formula is C51H32N4O. The molecule has 0 radical (unpaired) electrons. The fourth-order valence-corrected chi connectivity index (χ4v) is 8.05. The van der Waals surface area contributed by atoms with Crippen molar-refractivity contribution in [3.8, 4) is 62.1 Å². The maximum absolute atomic E-state index is 6.94. The zero-order chi connectivity index (χ0) is 37.0. The van der Waals surface area contributed by atoms with Crippen LogP contribution in [-0.2, 0) is 0 Å². The summed E-state index contributed by atoms with van der Waals surface area (Å²) < 4.78 is 9.27. The summed E-state index contributed by atoms with van der Waals surface area (Å²) in [5.41, 5.74) is 12.1. The molecule has 0 spiro atoms. The quantitative estimate of drug-likeness (QED) is 0.172. The molecule has 0 atom stereocenters. The highest BCUT2D eigenvalue weighted by molar-refractivity contribution is 6.24. The first-order valence-corrected chi connectivity index (χ1v) is 18.8. The van der Waals surface area contributed by atoms with Gasteiger partial charge in [0.2, 0.25) is 0 Å². The number of furan rings is 1. The van der Waals surface area contributed by atoms with Gasteiger partial charge in [-0.15, -0.1) is 0 Å². The summed E-state index contributed by atoms with van der Waals surface area (Å²) in [5.74, 6) is 1.83. The van der Waals surface area contributed by atoms with Crippen LogP contribution in [0, 0.1) is 0 Å². The molecule has 5 nitrogen and oxygen atoms in total. The van der Waals surface area contributed by atoms with E-state index in [4.69, 9.17) is 19.4 Å². The van der Waals surface area contributed by atoms with Crippen molar-refractivity contribution in [1.29, 1.82) is 0 Å². The van der Waals surface area contributed by atoms with Crippen LogP contribution in [0.4, 0.5) is 0 Å². The second-order valence-electron chi connectivity index (χ2n) is 14.0. The van der Waals surface area contributed by atoms with Crippen LogP contribution in [0.2, 0.25) is 0 Å². The Morgan fingerprint density at radius 2 is 0.839 bits per heavy atom. The maximum atomic E-state index is 6.94. The molecule has 0 aliphatic carbocycles. The highest BCUT2D eigenvalue weighted by Crippen LogP contribution is 2.43. The topological polar surface area (TPSA) is 56.7 Å². The zero-order valence-electron chi connectivity index (χ0n) is 30.2. The van der Waals surface area contributed by atoms with E-state index in [-0.39, 0.29) is 0 Å². The fourth-order valence-electron chi connectivity index (χ4n) is 8.05. The first kappa shape index (κ1) is 31.9. The summed E-state index contributed by atoms with van der Waals surface area (Å²) >= 11 is 0. The molecule has 0 saturated carbocycles. The summed E-state index contributed by atoms with van der Waals surface area (Å²) in [6.07, 6.45) is 0. The molecule has 0 aliphatic rings. The molecule has 0 aliphatic heterocycles. The van der Waals surface area contributed by atoms with Crippen LogP contribution < -0.4 is 0 Å². The Morgan fingerprint density at radius 3 is 1.59 bits per heavy atom. The van der Waals surface area contributed by atoms with Gasteiger partial charge in [-0.05, 0) is 47.0 Å². The maximum Gasteiger partial charge on any atom is 0.166 e. The van der Waals surface area contributed by atoms with Crippen molar-refractivity contribution in [2.45, 2.75) is 0 Å². The Hall–Kier alpha value is -7.63. The molecule has 0 bridgehead atoms. The van der Waals surface area contributed by atoms with Crippen molar-refractivity contribution >= 4 is 43.7 Å². The Morgan fingerprint density at radius 1 is 0.321 bits per heavy atom. The molecule has 8 aromatic carbocycles. The lowest BCUT2D eigenvalue weighted by Crippen LogP contribution is -2.03. The van der Waals surface area contributed by atoms with Gasteiger partial charge in [0.05, 0.1) is 22.1 Å². The Kier molecular flexibility index (Phi) is 7.42. The normalized spacial score (nSPS) is 11.6. The first-order valence-electron chi connectivity index (χ1n) is 18.8. The predicted octanol–water partition coefficient (Wildman–Crippen LogP) is 13.2. The van der Waals surface area contributed by atoms with Gasteiger partial charge >= 0.3 is 0 Å². The average Bonchev–Trinajstić information content (AvgIpc) is 3.83. The van der Waals surface area contributed by atoms with E-state index < -0.39 is 0 Å². The van der Waals surface area contributed by atoms with Crippen LogP contribution in [0.5, 0.6) is 0 Å². The number of fused-ring (bicyclic) bond motifs is 7. The Bertz CT molecular complexity index is 3220. The van der Waals surface area contributed by atoms with Crippen molar-refractivity contribution in [3.63, 3.8) is 0 Å². The molecule has 56 heavy (non-hydrogen) atoms. The van der Waals surface area contributed by atoms with E-state index in [0.717, 1.165) is 88.4 Å². The first-order chi connectivity index (χ1) is 27.8. The van der Waals surface area contributed by atoms with E-state index in [2.05, 4.69) is 156 Å². The van der Waals surface area contributed by atoms with E-state index in [1.54, 1.807) is 0 Å². The van der Waals surface area contributed by atoms with E-state index in [1.807, 2.05) is 42.5 Å². The lowest BCUT2D eigenvalue weighted by molar-refractivity contribution is 0.674. The molecule has 0 fully saturated rings. The van der Waals surface area contributed by atoms with Crippen LogP contribution in [0.25, 0.3) is 106 Å². The number of hydrogen-bond acceptors (Lipinski definition) is 4. The third-order valence-corrected chi connectivity index (χ3v) is 10.7. The van der Waals surface area contributed by atoms with Crippen molar-refractivity contribution < 1.29 is 4.42 Å². The summed E-state index contributed by atoms with van der Waals surface area (Å²) in [6, 6.07) is 67.2. The van der Waals surface area contributed by atoms with Crippen molar-refractivity contribution in [2.75, 3.05) is 0 Å². The third-order valence-electron chi connectivity index (χ3n) is 10.7. The van der Waals surface area contributed by atoms with Gasteiger partial charge in [-0.1, -0.05) is 164 Å². The van der Waals surface area contributed by atoms with Gasteiger partial charge in [-0.2, -0.15) is 0 Å². The number of rotatable bonds is 6. The number of nitrogens with zero attached hydrogens (tertiary/aromatic N) is 4. The van der Waals surface area contributed by atoms with Crippen LogP contribution in [-0.4, -0.2) is 19.5 Å². The Labute approximate surface area is 322 Å². The Balaban J connectivity index is 1.13. The zero-order valence-corrected chi connectivity index (χ0v) is 30.2. The molecule has 3 aromatic heterocycles. The minimum absolute atomic E-state index is 0.597. The van der Waals surface area contributed by atoms with E-state index in [0.29, 0.717) is 17.5 Å². The second-order valence-corrected chi connectivity index (χ2v) is 14.0. The van der Waals surface area contributed by atoms with Crippen molar-refractivity contribution in [1.82, 2.24) is 19.5 Å². The van der Waals surface area contributed by atoms with Crippen molar-refractivity contribution in [3.05, 3.63) is 194 Å². The van der Waals surface area contributed by atoms with Crippen LogP contribution in [0.3, 0.4) is 0 Å². The van der Waals surface area contributed by atoms with Gasteiger partial charge < -0.3 is 8.98 Å². The molecule has 0 saturated heterocycles. The standard InChI is InChI=1S/C51H32N4O/c1-4-15-33(16-5-1)34-27-29-37(30-28-34)50-52-49(36-19-8-3-9-20-36)53-51(54-50)42-22-11-13-26-44(42)55-43-25-12-10-21-41(43)46-45(55)32-31-40-39-24-14-23-38(47(39)56-48(40)46)35-17-6-2-7-18-35/h1-32H. The lowest BCUT2D eigenvalue weighted by atomic mass is 10.0. The lowest BCUT2D eigenvalue weighted by Gasteiger charge is -2.14. The van der Waals surface area contributed by atoms with Crippen molar-refractivity contribution in [2.24, 2.45) is 0 Å². The fraction of sp³-hybridized carbons (Fsp3) is 0. The highest BCUT2D eigenvalue weighted by atomic mass is 16.3. The number of para-hydroxylation sites is 3. The average molecular weight is 717 g/mol. The minimum Gasteiger partial charge on any atom is -0.455 e. The molecule has 262 valence electrons. The van der Waals surface area contributed by atoms with Gasteiger partial charge in [0.1, 0.15) is 11.2 Å². The highest BCUT2D eigenvalue weighted by Gasteiger charge is 2.22. The van der Waals surface area contributed by atoms with Crippen LogP contribution in [0.1, 0.15) is 0 Å². The molecule has 3 heterocycles. The van der Waals surface area contributed by atoms with E-state index >= 15 is 0 Å². The van der Waals surface area contributed by atoms with Gasteiger partial charge in [0.25, 0.3) is 0 Å². The monoisotopic (exact) mass is 716 g/mol. The summed E-state index contributed by atoms with van der Waals surface area (Å²) in [6.45, 7) is 0. The van der Waals surface area contributed by atoms with Gasteiger partial charge in [-0.3, -0.25) is 0 Å².